The maximum Gasteiger partial charge on any atom is 0.0461 e. The van der Waals surface area contributed by atoms with Gasteiger partial charge in [-0.25, -0.2) is 0 Å². The molecule has 0 aliphatic heterocycles. The van der Waals surface area contributed by atoms with E-state index >= 15 is 0 Å². The smallest absolute Gasteiger partial charge is 0.0461 e. The van der Waals surface area contributed by atoms with Crippen LogP contribution in [-0.4, -0.2) is 0 Å². The van der Waals surface area contributed by atoms with Crippen LogP contribution in [0.3, 0.4) is 0 Å². The Balaban J connectivity index is 1.08. The Labute approximate surface area is 375 Å². The second kappa shape index (κ2) is 13.7. The van der Waals surface area contributed by atoms with Gasteiger partial charge in [0.2, 0.25) is 0 Å². The van der Waals surface area contributed by atoms with E-state index in [2.05, 4.69) is 233 Å². The molecule has 11 aromatic carbocycles. The minimum Gasteiger partial charge on any atom is -0.0639 e. The highest BCUT2D eigenvalue weighted by Crippen LogP contribution is 2.57. The molecule has 2 aliphatic rings. The van der Waals surface area contributed by atoms with Crippen LogP contribution in [0.4, 0.5) is 0 Å². The van der Waals surface area contributed by atoms with Crippen molar-refractivity contribution < 1.29 is 0 Å². The minimum absolute atomic E-state index is 0.0878. The van der Waals surface area contributed by atoms with Gasteiger partial charge < -0.3 is 0 Å². The molecule has 1 atom stereocenters. The SMILES string of the molecule is CCC1(c2ccccc2)c2ccccc2-c2ccc(-c3c4ccccc4c(-c4c5ccccc5c(-c5ccc6c(c5)C(C)(C)c5ccccc5-6)c5ccccc45)c4ccccc34)cc21. The summed E-state index contributed by atoms with van der Waals surface area (Å²) in [6, 6.07) is 80.4. The quantitative estimate of drug-likeness (QED) is 0.152. The van der Waals surface area contributed by atoms with Crippen LogP contribution in [0.2, 0.25) is 0 Å². The standard InChI is InChI=1S/C64H46/c1-4-64(42-20-6-5-7-21-42)56-33-19-17-23-44(56)46-37-35-41(39-58(46)64)60-49-26-10-14-30-53(49)62(54-31-15-11-27-50(54)60)61-51-28-12-8-24-47(51)59(48-25-9-13-29-52(48)61)40-34-36-45-43-22-16-18-32-55(43)63(2,3)57(45)38-40/h5-39H,4H2,1-3H3. The molecule has 0 saturated carbocycles. The molecule has 0 fully saturated rings. The summed E-state index contributed by atoms with van der Waals surface area (Å²) in [7, 11) is 0. The van der Waals surface area contributed by atoms with Crippen LogP contribution >= 0.6 is 0 Å². The van der Waals surface area contributed by atoms with Gasteiger partial charge in [0, 0.05) is 10.8 Å². The fourth-order valence-electron chi connectivity index (χ4n) is 12.4. The molecule has 0 saturated heterocycles. The van der Waals surface area contributed by atoms with E-state index in [1.54, 1.807) is 0 Å². The Morgan fingerprint density at radius 1 is 0.297 bits per heavy atom. The normalized spacial score (nSPS) is 15.7. The van der Waals surface area contributed by atoms with Crippen molar-refractivity contribution in [2.75, 3.05) is 0 Å². The monoisotopic (exact) mass is 814 g/mol. The van der Waals surface area contributed by atoms with Gasteiger partial charge >= 0.3 is 0 Å². The van der Waals surface area contributed by atoms with E-state index in [1.165, 1.54) is 127 Å². The minimum atomic E-state index is -0.243. The largest absolute Gasteiger partial charge is 0.0639 e. The molecule has 302 valence electrons. The van der Waals surface area contributed by atoms with E-state index in [1.807, 2.05) is 0 Å². The van der Waals surface area contributed by atoms with Crippen molar-refractivity contribution in [2.45, 2.75) is 38.0 Å². The predicted octanol–water partition coefficient (Wildman–Crippen LogP) is 17.3. The van der Waals surface area contributed by atoms with E-state index in [0.29, 0.717) is 0 Å². The van der Waals surface area contributed by atoms with Crippen LogP contribution in [-0.2, 0) is 10.8 Å². The first-order valence-corrected chi connectivity index (χ1v) is 22.9. The van der Waals surface area contributed by atoms with Crippen LogP contribution < -0.4 is 0 Å². The van der Waals surface area contributed by atoms with E-state index < -0.39 is 0 Å². The number of rotatable bonds is 5. The van der Waals surface area contributed by atoms with Gasteiger partial charge in [0.05, 0.1) is 0 Å². The van der Waals surface area contributed by atoms with Gasteiger partial charge in [-0.1, -0.05) is 221 Å². The summed E-state index contributed by atoms with van der Waals surface area (Å²) in [5.74, 6) is 0. The molecule has 0 bridgehead atoms. The van der Waals surface area contributed by atoms with Crippen molar-refractivity contribution in [2.24, 2.45) is 0 Å². The third-order valence-electron chi connectivity index (χ3n) is 15.2. The predicted molar refractivity (Wildman–Crippen MR) is 272 cm³/mol. The van der Waals surface area contributed by atoms with Gasteiger partial charge in [0.15, 0.2) is 0 Å². The average molecular weight is 815 g/mol. The molecule has 11 aromatic rings. The van der Waals surface area contributed by atoms with Crippen molar-refractivity contribution in [3.05, 3.63) is 240 Å². The highest BCUT2D eigenvalue weighted by molar-refractivity contribution is 6.30. The summed E-state index contributed by atoms with van der Waals surface area (Å²) in [5, 5.41) is 10.2. The van der Waals surface area contributed by atoms with Crippen LogP contribution in [0.25, 0.3) is 98.7 Å². The molecule has 0 heterocycles. The number of hydrogen-bond donors (Lipinski definition) is 0. The molecule has 64 heavy (non-hydrogen) atoms. The molecular weight excluding hydrogens is 769 g/mol. The summed E-state index contributed by atoms with van der Waals surface area (Å²) < 4.78 is 0. The highest BCUT2D eigenvalue weighted by Gasteiger charge is 2.43. The molecule has 0 heteroatoms. The van der Waals surface area contributed by atoms with Gasteiger partial charge in [0.25, 0.3) is 0 Å². The lowest BCUT2D eigenvalue weighted by Gasteiger charge is -2.32. The van der Waals surface area contributed by atoms with Crippen LogP contribution in [0.5, 0.6) is 0 Å². The molecule has 0 radical (unpaired) electrons. The van der Waals surface area contributed by atoms with Gasteiger partial charge in [-0.05, 0) is 145 Å². The van der Waals surface area contributed by atoms with Crippen molar-refractivity contribution in [3.8, 4) is 55.6 Å². The summed E-state index contributed by atoms with van der Waals surface area (Å²) in [6.07, 6.45) is 0.970. The molecule has 0 N–H and O–H groups in total. The molecule has 0 aromatic heterocycles. The second-order valence-corrected chi connectivity index (χ2v) is 18.5. The fourth-order valence-corrected chi connectivity index (χ4v) is 12.4. The van der Waals surface area contributed by atoms with Gasteiger partial charge in [0.1, 0.15) is 0 Å². The Morgan fingerprint density at radius 3 is 1.11 bits per heavy atom. The zero-order valence-electron chi connectivity index (χ0n) is 36.4. The lowest BCUT2D eigenvalue weighted by molar-refractivity contribution is 0.609. The summed E-state index contributed by atoms with van der Waals surface area (Å²) in [5.41, 5.74) is 19.7. The Morgan fingerprint density at radius 2 is 0.641 bits per heavy atom. The van der Waals surface area contributed by atoms with Crippen LogP contribution in [0.1, 0.15) is 55.0 Å². The average Bonchev–Trinajstić information content (AvgIpc) is 3.77. The Bertz CT molecular complexity index is 3620. The van der Waals surface area contributed by atoms with Crippen molar-refractivity contribution in [3.63, 3.8) is 0 Å². The topological polar surface area (TPSA) is 0 Å². The molecule has 0 amide bonds. The van der Waals surface area contributed by atoms with Crippen molar-refractivity contribution >= 4 is 43.1 Å². The summed E-state index contributed by atoms with van der Waals surface area (Å²) in [6.45, 7) is 7.12. The third-order valence-corrected chi connectivity index (χ3v) is 15.2. The second-order valence-electron chi connectivity index (χ2n) is 18.5. The number of fused-ring (bicyclic) bond motifs is 10. The van der Waals surface area contributed by atoms with Crippen molar-refractivity contribution in [1.82, 2.24) is 0 Å². The molecule has 1 unspecified atom stereocenters. The lowest BCUT2D eigenvalue weighted by Crippen LogP contribution is -2.25. The maximum absolute atomic E-state index is 2.54. The first kappa shape index (κ1) is 37.1. The van der Waals surface area contributed by atoms with Crippen molar-refractivity contribution in [1.29, 1.82) is 0 Å². The lowest BCUT2D eigenvalue weighted by atomic mass is 9.70. The van der Waals surface area contributed by atoms with Gasteiger partial charge in [-0.3, -0.25) is 0 Å². The molecular formula is C64H46. The van der Waals surface area contributed by atoms with E-state index in [0.717, 1.165) is 6.42 Å². The fraction of sp³-hybridized carbons (Fsp3) is 0.0938. The molecule has 0 nitrogen and oxygen atoms in total. The van der Waals surface area contributed by atoms with Crippen LogP contribution in [0.15, 0.2) is 212 Å². The van der Waals surface area contributed by atoms with E-state index in [-0.39, 0.29) is 10.8 Å². The molecule has 0 spiro atoms. The maximum atomic E-state index is 2.54. The first-order chi connectivity index (χ1) is 31.5. The zero-order valence-corrected chi connectivity index (χ0v) is 36.4. The number of benzene rings is 11. The molecule has 2 aliphatic carbocycles. The zero-order chi connectivity index (χ0) is 42.7. The van der Waals surface area contributed by atoms with Crippen LogP contribution in [0, 0.1) is 0 Å². The molecule has 13 rings (SSSR count). The van der Waals surface area contributed by atoms with Gasteiger partial charge in [-0.2, -0.15) is 0 Å². The summed E-state index contributed by atoms with van der Waals surface area (Å²) >= 11 is 0. The van der Waals surface area contributed by atoms with E-state index in [9.17, 15) is 0 Å². The highest BCUT2D eigenvalue weighted by atomic mass is 14.5. The first-order valence-electron chi connectivity index (χ1n) is 22.9. The Kier molecular flexibility index (Phi) is 7.95. The third kappa shape index (κ3) is 4.94. The van der Waals surface area contributed by atoms with Gasteiger partial charge in [-0.15, -0.1) is 0 Å². The van der Waals surface area contributed by atoms with E-state index in [4.69, 9.17) is 0 Å². The Hall–Kier alpha value is -7.54. The number of hydrogen-bond acceptors (Lipinski definition) is 0. The summed E-state index contributed by atoms with van der Waals surface area (Å²) in [4.78, 5) is 0.